The van der Waals surface area contributed by atoms with Crippen molar-refractivity contribution < 1.29 is 4.79 Å². The predicted molar refractivity (Wildman–Crippen MR) is 114 cm³/mol. The van der Waals surface area contributed by atoms with Gasteiger partial charge in [-0.3, -0.25) is 9.69 Å². The van der Waals surface area contributed by atoms with E-state index in [1.165, 1.54) is 22.4 Å². The summed E-state index contributed by atoms with van der Waals surface area (Å²) in [5.74, 6) is 0.257. The summed E-state index contributed by atoms with van der Waals surface area (Å²) in [5, 5.41) is 5.53. The number of hydrogen-bond acceptors (Lipinski definition) is 4. The second-order valence-electron chi connectivity index (χ2n) is 7.31. The Labute approximate surface area is 172 Å². The molecule has 1 saturated heterocycles. The van der Waals surface area contributed by atoms with Crippen LogP contribution >= 0.6 is 23.7 Å². The van der Waals surface area contributed by atoms with Gasteiger partial charge in [-0.2, -0.15) is 0 Å². The molecule has 1 fully saturated rings. The topological polar surface area (TPSA) is 35.6 Å². The number of carbonyl (C=O) groups is 1. The van der Waals surface area contributed by atoms with E-state index in [0.29, 0.717) is 12.6 Å². The molecule has 27 heavy (non-hydrogen) atoms. The van der Waals surface area contributed by atoms with E-state index in [2.05, 4.69) is 50.8 Å². The molecular formula is C21H28ClN3OS. The van der Waals surface area contributed by atoms with Crippen molar-refractivity contribution in [2.45, 2.75) is 31.3 Å². The van der Waals surface area contributed by atoms with E-state index in [1.54, 1.807) is 0 Å². The quantitative estimate of drug-likeness (QED) is 0.847. The van der Waals surface area contributed by atoms with Gasteiger partial charge in [-0.25, -0.2) is 0 Å². The first-order valence-corrected chi connectivity index (χ1v) is 10.4. The van der Waals surface area contributed by atoms with E-state index in [4.69, 9.17) is 0 Å². The molecule has 1 aromatic heterocycles. The summed E-state index contributed by atoms with van der Waals surface area (Å²) >= 11 is 1.82. The van der Waals surface area contributed by atoms with Gasteiger partial charge in [0.25, 0.3) is 0 Å². The van der Waals surface area contributed by atoms with Gasteiger partial charge in [-0.1, -0.05) is 30.3 Å². The molecule has 4 rings (SSSR count). The molecule has 1 amide bonds. The number of nitrogens with zero attached hydrogens (tertiary/aromatic N) is 2. The van der Waals surface area contributed by atoms with Crippen LogP contribution in [0.25, 0.3) is 0 Å². The minimum atomic E-state index is 0. The highest BCUT2D eigenvalue weighted by atomic mass is 35.5. The highest BCUT2D eigenvalue weighted by Crippen LogP contribution is 2.37. The van der Waals surface area contributed by atoms with Crippen molar-refractivity contribution in [2.75, 3.05) is 33.2 Å². The molecular weight excluding hydrogens is 378 g/mol. The minimum absolute atomic E-state index is 0. The summed E-state index contributed by atoms with van der Waals surface area (Å²) in [6.07, 6.45) is 3.34. The Morgan fingerprint density at radius 2 is 2.04 bits per heavy atom. The Kier molecular flexibility index (Phi) is 6.93. The largest absolute Gasteiger partial charge is 0.330 e. The zero-order valence-corrected chi connectivity index (χ0v) is 17.4. The third kappa shape index (κ3) is 4.37. The third-order valence-electron chi connectivity index (χ3n) is 5.67. The number of carbonyl (C=O) groups excluding carboxylic acids is 1. The lowest BCUT2D eigenvalue weighted by Crippen LogP contribution is -2.50. The number of fused-ring (bicyclic) bond motifs is 1. The fraction of sp³-hybridized carbons (Fsp3) is 0.476. The monoisotopic (exact) mass is 405 g/mol. The van der Waals surface area contributed by atoms with E-state index in [1.807, 2.05) is 24.5 Å². The van der Waals surface area contributed by atoms with Crippen molar-refractivity contribution in [3.63, 3.8) is 0 Å². The molecule has 2 unspecified atom stereocenters. The van der Waals surface area contributed by atoms with E-state index in [-0.39, 0.29) is 24.4 Å². The molecule has 0 bridgehead atoms. The molecule has 3 heterocycles. The Bertz CT molecular complexity index is 751. The lowest BCUT2D eigenvalue weighted by atomic mass is 9.93. The van der Waals surface area contributed by atoms with Gasteiger partial charge in [0.15, 0.2) is 0 Å². The van der Waals surface area contributed by atoms with Crippen LogP contribution in [0.15, 0.2) is 41.8 Å². The van der Waals surface area contributed by atoms with Crippen LogP contribution in [0.2, 0.25) is 0 Å². The second kappa shape index (κ2) is 9.20. The Hall–Kier alpha value is -1.40. The molecule has 4 nitrogen and oxygen atoms in total. The van der Waals surface area contributed by atoms with Gasteiger partial charge in [0.05, 0.1) is 12.6 Å². The lowest BCUT2D eigenvalue weighted by Gasteiger charge is -2.39. The van der Waals surface area contributed by atoms with Crippen LogP contribution < -0.4 is 5.32 Å². The van der Waals surface area contributed by atoms with E-state index >= 15 is 0 Å². The zero-order chi connectivity index (χ0) is 17.9. The summed E-state index contributed by atoms with van der Waals surface area (Å²) in [6.45, 7) is 3.34. The fourth-order valence-corrected chi connectivity index (χ4v) is 5.20. The maximum absolute atomic E-state index is 13.2. The first-order chi connectivity index (χ1) is 12.8. The molecule has 0 aliphatic carbocycles. The smallest absolute Gasteiger partial charge is 0.237 e. The summed E-state index contributed by atoms with van der Waals surface area (Å²) in [7, 11) is 2.02. The summed E-state index contributed by atoms with van der Waals surface area (Å²) in [4.78, 5) is 19.1. The molecule has 0 spiro atoms. The fourth-order valence-electron chi connectivity index (χ4n) is 4.30. The Morgan fingerprint density at radius 1 is 1.22 bits per heavy atom. The van der Waals surface area contributed by atoms with Gasteiger partial charge in [-0.05, 0) is 55.4 Å². The predicted octanol–water partition coefficient (Wildman–Crippen LogP) is 3.33. The maximum atomic E-state index is 13.2. The number of piperidine rings is 1. The van der Waals surface area contributed by atoms with Crippen LogP contribution in [-0.2, 0) is 11.2 Å². The maximum Gasteiger partial charge on any atom is 0.237 e. The normalized spacial score (nSPS) is 22.8. The van der Waals surface area contributed by atoms with Crippen LogP contribution in [0.5, 0.6) is 0 Å². The van der Waals surface area contributed by atoms with Crippen LogP contribution in [0, 0.1) is 0 Å². The number of nitrogens with one attached hydrogen (secondary N) is 1. The van der Waals surface area contributed by atoms with Crippen molar-refractivity contribution in [1.82, 2.24) is 15.1 Å². The summed E-state index contributed by atoms with van der Waals surface area (Å²) in [6, 6.07) is 13.2. The minimum Gasteiger partial charge on any atom is -0.330 e. The molecule has 1 aromatic carbocycles. The van der Waals surface area contributed by atoms with Crippen LogP contribution in [-0.4, -0.2) is 55.0 Å². The van der Waals surface area contributed by atoms with Gasteiger partial charge in [0.1, 0.15) is 0 Å². The highest BCUT2D eigenvalue weighted by molar-refractivity contribution is 7.10. The molecule has 2 aliphatic rings. The number of halogens is 1. The van der Waals surface area contributed by atoms with Crippen molar-refractivity contribution in [2.24, 2.45) is 0 Å². The Morgan fingerprint density at radius 3 is 2.81 bits per heavy atom. The van der Waals surface area contributed by atoms with Gasteiger partial charge in [-0.15, -0.1) is 23.7 Å². The number of hydrogen-bond donors (Lipinski definition) is 1. The lowest BCUT2D eigenvalue weighted by molar-refractivity contribution is -0.134. The van der Waals surface area contributed by atoms with Gasteiger partial charge in [0, 0.05) is 24.0 Å². The second-order valence-corrected chi connectivity index (χ2v) is 8.31. The average Bonchev–Trinajstić information content (AvgIpc) is 3.16. The van der Waals surface area contributed by atoms with Crippen molar-refractivity contribution in [3.8, 4) is 0 Å². The van der Waals surface area contributed by atoms with Crippen molar-refractivity contribution in [3.05, 3.63) is 57.8 Å². The molecule has 0 radical (unpaired) electrons. The average molecular weight is 406 g/mol. The van der Waals surface area contributed by atoms with Crippen molar-refractivity contribution >= 4 is 29.7 Å². The number of thiophene rings is 1. The molecule has 2 aromatic rings. The van der Waals surface area contributed by atoms with Crippen LogP contribution in [0.4, 0.5) is 0 Å². The Balaban J connectivity index is 0.00000210. The number of benzene rings is 1. The zero-order valence-electron chi connectivity index (χ0n) is 15.8. The molecule has 146 valence electrons. The first-order valence-electron chi connectivity index (χ1n) is 9.56. The summed E-state index contributed by atoms with van der Waals surface area (Å²) in [5.41, 5.74) is 2.53. The third-order valence-corrected chi connectivity index (χ3v) is 6.67. The first kappa shape index (κ1) is 20.3. The highest BCUT2D eigenvalue weighted by Gasteiger charge is 2.33. The number of rotatable bonds is 4. The standard InChI is InChI=1S/C21H27N3OS.ClH/c1-22-17-8-5-11-23(14-17)15-20(25)24-12-9-19-18(10-13-26-19)21(24)16-6-3-2-4-7-16;/h2-4,6-7,10,13,17,21-22H,5,8-9,11-12,14-15H2,1H3;1H. The van der Waals surface area contributed by atoms with Crippen LogP contribution in [0.1, 0.15) is 34.9 Å². The SMILES string of the molecule is CNC1CCCN(CC(=O)N2CCc3sccc3C2c2ccccc2)C1.Cl. The van der Waals surface area contributed by atoms with E-state index in [0.717, 1.165) is 32.5 Å². The molecule has 0 saturated carbocycles. The van der Waals surface area contributed by atoms with E-state index < -0.39 is 0 Å². The molecule has 2 atom stereocenters. The van der Waals surface area contributed by atoms with Crippen molar-refractivity contribution in [1.29, 1.82) is 0 Å². The van der Waals surface area contributed by atoms with Gasteiger partial charge < -0.3 is 10.2 Å². The number of likely N-dealkylation sites (tertiary alicyclic amines) is 1. The van der Waals surface area contributed by atoms with Gasteiger partial charge in [0.2, 0.25) is 5.91 Å². The van der Waals surface area contributed by atoms with E-state index in [9.17, 15) is 4.79 Å². The summed E-state index contributed by atoms with van der Waals surface area (Å²) < 4.78 is 0. The number of amides is 1. The number of likely N-dealkylation sites (N-methyl/N-ethyl adjacent to an activating group) is 1. The van der Waals surface area contributed by atoms with Crippen LogP contribution in [0.3, 0.4) is 0 Å². The van der Waals surface area contributed by atoms with Gasteiger partial charge >= 0.3 is 0 Å². The molecule has 1 N–H and O–H groups in total. The molecule has 6 heteroatoms. The molecule has 2 aliphatic heterocycles.